The number of likely N-dealkylation sites (tertiary alicyclic amines) is 1. The SMILES string of the molecule is CCOP(=O)(OCC)c1ccc2c(c1)C(=O)C1(CCN(C(=O)OC(C)(C)C)CC1)C2. The average molecular weight is 437 g/mol. The molecule has 2 aliphatic rings. The van der Waals surface area contributed by atoms with Crippen LogP contribution < -0.4 is 5.30 Å². The molecule has 166 valence electrons. The molecule has 1 saturated heterocycles. The van der Waals surface area contributed by atoms with E-state index in [0.29, 0.717) is 43.2 Å². The number of piperidine rings is 1. The number of carbonyl (C=O) groups is 2. The van der Waals surface area contributed by atoms with E-state index in [2.05, 4.69) is 0 Å². The number of fused-ring (bicyclic) bond motifs is 1. The summed E-state index contributed by atoms with van der Waals surface area (Å²) in [6, 6.07) is 5.29. The quantitative estimate of drug-likeness (QED) is 0.638. The molecule has 0 saturated carbocycles. The van der Waals surface area contributed by atoms with Crippen LogP contribution in [0.4, 0.5) is 4.79 Å². The van der Waals surface area contributed by atoms with Crippen LogP contribution in [0.5, 0.6) is 0 Å². The van der Waals surface area contributed by atoms with E-state index in [9.17, 15) is 14.2 Å². The van der Waals surface area contributed by atoms with Crippen molar-refractivity contribution in [3.05, 3.63) is 29.3 Å². The Bertz CT molecular complexity index is 857. The van der Waals surface area contributed by atoms with Gasteiger partial charge in [-0.15, -0.1) is 0 Å². The molecule has 1 aliphatic carbocycles. The van der Waals surface area contributed by atoms with Crippen molar-refractivity contribution in [2.75, 3.05) is 26.3 Å². The molecule has 0 N–H and O–H groups in total. The van der Waals surface area contributed by atoms with Crippen LogP contribution in [-0.4, -0.2) is 48.7 Å². The molecule has 0 aromatic heterocycles. The van der Waals surface area contributed by atoms with E-state index >= 15 is 0 Å². The van der Waals surface area contributed by atoms with Crippen LogP contribution in [0.3, 0.4) is 0 Å². The van der Waals surface area contributed by atoms with Crippen LogP contribution in [0.1, 0.15) is 63.4 Å². The van der Waals surface area contributed by atoms with E-state index in [-0.39, 0.29) is 25.1 Å². The summed E-state index contributed by atoms with van der Waals surface area (Å²) in [4.78, 5) is 27.4. The highest BCUT2D eigenvalue weighted by atomic mass is 31.2. The number of ether oxygens (including phenoxy) is 1. The maximum absolute atomic E-state index is 13.4. The number of rotatable bonds is 5. The summed E-state index contributed by atoms with van der Waals surface area (Å²) in [6.45, 7) is 10.5. The zero-order valence-corrected chi connectivity index (χ0v) is 19.4. The standard InChI is InChI=1S/C22H32NO6P/c1-6-27-30(26,28-7-2)17-9-8-16-15-22(19(24)18(16)14-17)10-12-23(13-11-22)20(25)29-21(3,4)5/h8-9,14H,6-7,10-13,15H2,1-5H3. The van der Waals surface area contributed by atoms with Gasteiger partial charge in [-0.3, -0.25) is 9.36 Å². The first kappa shape index (κ1) is 23.0. The summed E-state index contributed by atoms with van der Waals surface area (Å²) < 4.78 is 29.4. The lowest BCUT2D eigenvalue weighted by molar-refractivity contribution is 0.0114. The zero-order valence-electron chi connectivity index (χ0n) is 18.5. The van der Waals surface area contributed by atoms with Gasteiger partial charge in [-0.25, -0.2) is 4.79 Å². The van der Waals surface area contributed by atoms with Gasteiger partial charge in [-0.2, -0.15) is 0 Å². The molecule has 7 nitrogen and oxygen atoms in total. The lowest BCUT2D eigenvalue weighted by Gasteiger charge is -2.38. The highest BCUT2D eigenvalue weighted by Gasteiger charge is 2.48. The van der Waals surface area contributed by atoms with Gasteiger partial charge in [0.2, 0.25) is 0 Å². The molecule has 8 heteroatoms. The third-order valence-corrected chi connectivity index (χ3v) is 7.74. The fraction of sp³-hybridized carbons (Fsp3) is 0.636. The average Bonchev–Trinajstić information content (AvgIpc) is 2.92. The molecule has 0 radical (unpaired) electrons. The number of carbonyl (C=O) groups excluding carboxylic acids is 2. The van der Waals surface area contributed by atoms with Gasteiger partial charge in [0.15, 0.2) is 5.78 Å². The largest absolute Gasteiger partial charge is 0.444 e. The number of hydrogen-bond acceptors (Lipinski definition) is 6. The molecule has 1 spiro atoms. The molecule has 1 aromatic rings. The first-order chi connectivity index (χ1) is 14.0. The summed E-state index contributed by atoms with van der Waals surface area (Å²) in [5, 5.41) is 0.418. The highest BCUT2D eigenvalue weighted by Crippen LogP contribution is 2.49. The monoisotopic (exact) mass is 437 g/mol. The van der Waals surface area contributed by atoms with Gasteiger partial charge in [-0.05, 0) is 71.6 Å². The molecule has 1 fully saturated rings. The third kappa shape index (κ3) is 4.48. The molecule has 3 rings (SSSR count). The Morgan fingerprint density at radius 1 is 1.13 bits per heavy atom. The van der Waals surface area contributed by atoms with Crippen molar-refractivity contribution in [2.45, 2.75) is 59.5 Å². The number of nitrogens with zero attached hydrogens (tertiary/aromatic N) is 1. The van der Waals surface area contributed by atoms with Crippen LogP contribution in [-0.2, 0) is 24.8 Å². The second-order valence-electron chi connectivity index (χ2n) is 8.93. The molecular formula is C22H32NO6P. The lowest BCUT2D eigenvalue weighted by Crippen LogP contribution is -2.47. The van der Waals surface area contributed by atoms with Crippen molar-refractivity contribution in [1.82, 2.24) is 4.90 Å². The predicted octanol–water partition coefficient (Wildman–Crippen LogP) is 4.33. The fourth-order valence-corrected chi connectivity index (χ4v) is 5.80. The van der Waals surface area contributed by atoms with Gasteiger partial charge < -0.3 is 18.7 Å². The molecule has 0 bridgehead atoms. The topological polar surface area (TPSA) is 82.1 Å². The zero-order chi connectivity index (χ0) is 22.2. The van der Waals surface area contributed by atoms with E-state index in [1.165, 1.54) is 0 Å². The van der Waals surface area contributed by atoms with Crippen molar-refractivity contribution in [2.24, 2.45) is 5.41 Å². The minimum absolute atomic E-state index is 0.0581. The van der Waals surface area contributed by atoms with Crippen molar-refractivity contribution >= 4 is 24.8 Å². The van der Waals surface area contributed by atoms with Crippen LogP contribution >= 0.6 is 7.60 Å². The van der Waals surface area contributed by atoms with Gasteiger partial charge in [0.05, 0.1) is 18.5 Å². The van der Waals surface area contributed by atoms with E-state index in [0.717, 1.165) is 5.56 Å². The maximum Gasteiger partial charge on any atom is 0.410 e. The molecule has 1 aliphatic heterocycles. The Hall–Kier alpha value is -1.69. The van der Waals surface area contributed by atoms with Crippen LogP contribution in [0, 0.1) is 5.41 Å². The Morgan fingerprint density at radius 2 is 1.73 bits per heavy atom. The van der Waals surface area contributed by atoms with Gasteiger partial charge in [0.25, 0.3) is 0 Å². The van der Waals surface area contributed by atoms with Crippen molar-refractivity contribution in [3.63, 3.8) is 0 Å². The smallest absolute Gasteiger partial charge is 0.410 e. The highest BCUT2D eigenvalue weighted by molar-refractivity contribution is 7.62. The van der Waals surface area contributed by atoms with Gasteiger partial charge >= 0.3 is 13.7 Å². The van der Waals surface area contributed by atoms with E-state index in [4.69, 9.17) is 13.8 Å². The summed E-state index contributed by atoms with van der Waals surface area (Å²) in [5.74, 6) is 0.0581. The Kier molecular flexibility index (Phi) is 6.47. The van der Waals surface area contributed by atoms with Gasteiger partial charge in [0.1, 0.15) is 5.60 Å². The van der Waals surface area contributed by atoms with Crippen molar-refractivity contribution in [1.29, 1.82) is 0 Å². The van der Waals surface area contributed by atoms with Crippen LogP contribution in [0.15, 0.2) is 18.2 Å². The lowest BCUT2D eigenvalue weighted by atomic mass is 9.75. The van der Waals surface area contributed by atoms with Crippen molar-refractivity contribution < 1.29 is 27.9 Å². The summed E-state index contributed by atoms with van der Waals surface area (Å²) in [5.41, 5.74) is 0.490. The molecule has 1 aromatic carbocycles. The Morgan fingerprint density at radius 3 is 2.27 bits per heavy atom. The summed E-state index contributed by atoms with van der Waals surface area (Å²) in [6.07, 6.45) is 1.47. The fourth-order valence-electron chi connectivity index (χ4n) is 4.20. The summed E-state index contributed by atoms with van der Waals surface area (Å²) in [7, 11) is -3.45. The third-order valence-electron chi connectivity index (χ3n) is 5.64. The molecule has 1 heterocycles. The Labute approximate surface area is 178 Å². The Balaban J connectivity index is 1.77. The van der Waals surface area contributed by atoms with Crippen LogP contribution in [0.25, 0.3) is 0 Å². The summed E-state index contributed by atoms with van der Waals surface area (Å²) >= 11 is 0. The van der Waals surface area contributed by atoms with Crippen LogP contribution in [0.2, 0.25) is 0 Å². The normalized spacial score (nSPS) is 18.6. The number of hydrogen-bond donors (Lipinski definition) is 0. The molecule has 0 atom stereocenters. The number of benzene rings is 1. The number of Topliss-reactive ketones (excluding diaryl/α,β-unsaturated/α-hetero) is 1. The maximum atomic E-state index is 13.4. The first-order valence-corrected chi connectivity index (χ1v) is 12.1. The van der Waals surface area contributed by atoms with Gasteiger partial charge in [-0.1, -0.05) is 6.07 Å². The predicted molar refractivity (Wildman–Crippen MR) is 114 cm³/mol. The minimum Gasteiger partial charge on any atom is -0.444 e. The number of amides is 1. The second kappa shape index (κ2) is 8.45. The van der Waals surface area contributed by atoms with Crippen molar-refractivity contribution in [3.8, 4) is 0 Å². The molecular weight excluding hydrogens is 405 g/mol. The van der Waals surface area contributed by atoms with Gasteiger partial charge in [0, 0.05) is 24.1 Å². The second-order valence-corrected chi connectivity index (χ2v) is 11.0. The van der Waals surface area contributed by atoms with E-state index in [1.807, 2.05) is 26.8 Å². The molecule has 1 amide bonds. The minimum atomic E-state index is -3.45. The molecule has 0 unspecified atom stereocenters. The molecule has 30 heavy (non-hydrogen) atoms. The first-order valence-electron chi connectivity index (χ1n) is 10.6. The van der Waals surface area contributed by atoms with E-state index in [1.54, 1.807) is 30.9 Å². The number of ketones is 1. The van der Waals surface area contributed by atoms with E-state index < -0.39 is 18.6 Å².